The lowest BCUT2D eigenvalue weighted by atomic mass is 10.3. The Morgan fingerprint density at radius 2 is 2.50 bits per heavy atom. The molecule has 0 amide bonds. The fourth-order valence-electron chi connectivity index (χ4n) is 0.342. The van der Waals surface area contributed by atoms with E-state index in [-0.39, 0.29) is 6.54 Å². The van der Waals surface area contributed by atoms with E-state index in [0.717, 1.165) is 0 Å². The van der Waals surface area contributed by atoms with Crippen molar-refractivity contribution in [3.63, 3.8) is 0 Å². The van der Waals surface area contributed by atoms with Gasteiger partial charge in [-0.1, -0.05) is 0 Å². The van der Waals surface area contributed by atoms with Gasteiger partial charge in [-0.2, -0.15) is 0 Å². The molecule has 4 heteroatoms. The average Bonchev–Trinajstić information content (AvgIpc) is 1.69. The van der Waals surface area contributed by atoms with Gasteiger partial charge in [-0.25, -0.2) is 0 Å². The highest BCUT2D eigenvalue weighted by Gasteiger charge is 2.10. The Bertz CT molecular complexity index is 80.1. The molecule has 48 valence electrons. The largest absolute Gasteiger partial charge is 0.480 e. The molecule has 0 aliphatic heterocycles. The fourth-order valence-corrected chi connectivity index (χ4v) is 0.342. The summed E-state index contributed by atoms with van der Waals surface area (Å²) in [6.45, 7) is 0.131. The van der Waals surface area contributed by atoms with Crippen LogP contribution in [-0.2, 0) is 4.79 Å². The van der Waals surface area contributed by atoms with Gasteiger partial charge in [0.1, 0.15) is 6.04 Å². The zero-order chi connectivity index (χ0) is 6.57. The maximum absolute atomic E-state index is 10.0. The van der Waals surface area contributed by atoms with Crippen LogP contribution >= 0.6 is 0 Å². The first kappa shape index (κ1) is 7.39. The topological polar surface area (TPSA) is 75.3 Å². The van der Waals surface area contributed by atoms with Crippen LogP contribution in [0.15, 0.2) is 0 Å². The number of hydrogen-bond acceptors (Lipinski definition) is 3. The highest BCUT2D eigenvalue weighted by atomic mass is 16.4. The number of aliphatic carboxylic acids is 1. The molecule has 1 atom stereocenters. The molecule has 4 N–H and O–H groups in total. The summed E-state index contributed by atoms with van der Waals surface area (Å²) in [7, 11) is 1.56. The minimum Gasteiger partial charge on any atom is -0.480 e. The smallest absolute Gasteiger partial charge is 0.322 e. The van der Waals surface area contributed by atoms with E-state index >= 15 is 0 Å². The van der Waals surface area contributed by atoms with Gasteiger partial charge < -0.3 is 16.2 Å². The van der Waals surface area contributed by atoms with Gasteiger partial charge in [0.25, 0.3) is 0 Å². The molecule has 0 aromatic heterocycles. The first-order valence-electron chi connectivity index (χ1n) is 2.32. The van der Waals surface area contributed by atoms with Crippen LogP contribution in [0.1, 0.15) is 0 Å². The third-order valence-corrected chi connectivity index (χ3v) is 0.882. The number of likely N-dealkylation sites (N-methyl/N-ethyl adjacent to an activating group) is 1. The van der Waals surface area contributed by atoms with Crippen LogP contribution in [0.3, 0.4) is 0 Å². The van der Waals surface area contributed by atoms with Crippen molar-refractivity contribution in [1.82, 2.24) is 5.32 Å². The van der Waals surface area contributed by atoms with Gasteiger partial charge in [0, 0.05) is 6.54 Å². The third-order valence-electron chi connectivity index (χ3n) is 0.882. The Morgan fingerprint density at radius 1 is 2.00 bits per heavy atom. The lowest BCUT2D eigenvalue weighted by Crippen LogP contribution is -2.40. The number of hydrogen-bond donors (Lipinski definition) is 3. The highest BCUT2D eigenvalue weighted by molar-refractivity contribution is 5.73. The van der Waals surface area contributed by atoms with Gasteiger partial charge in [-0.15, -0.1) is 0 Å². The number of nitrogens with two attached hydrogens (primary N) is 1. The molecule has 0 fully saturated rings. The molecule has 0 rings (SSSR count). The summed E-state index contributed by atoms with van der Waals surface area (Å²) >= 11 is 0. The van der Waals surface area contributed by atoms with Gasteiger partial charge in [0.2, 0.25) is 0 Å². The molecule has 0 bridgehead atoms. The molecule has 0 unspecified atom stereocenters. The van der Waals surface area contributed by atoms with E-state index in [1.54, 1.807) is 7.05 Å². The molecule has 0 saturated heterocycles. The molecule has 0 aromatic carbocycles. The second kappa shape index (κ2) is 3.40. The molecule has 0 radical (unpaired) electrons. The van der Waals surface area contributed by atoms with Gasteiger partial charge in [-0.05, 0) is 7.05 Å². The summed E-state index contributed by atoms with van der Waals surface area (Å²) in [5.41, 5.74) is 5.04. The SMILES string of the molecule is CN[C@H](CN)C(=O)O. The number of rotatable bonds is 3. The predicted molar refractivity (Wildman–Crippen MR) is 29.5 cm³/mol. The van der Waals surface area contributed by atoms with Crippen molar-refractivity contribution in [1.29, 1.82) is 0 Å². The Kier molecular flexibility index (Phi) is 3.14. The Morgan fingerprint density at radius 3 is 2.50 bits per heavy atom. The normalized spacial score (nSPS) is 13.2. The molecule has 0 spiro atoms. The van der Waals surface area contributed by atoms with Gasteiger partial charge in [0.15, 0.2) is 0 Å². The highest BCUT2D eigenvalue weighted by Crippen LogP contribution is 1.74. The first-order valence-corrected chi connectivity index (χ1v) is 2.32. The van der Waals surface area contributed by atoms with Crippen LogP contribution in [-0.4, -0.2) is 30.7 Å². The standard InChI is InChI=1S/C4H10N2O2/c1-6-3(2-5)4(7)8/h3,6H,2,5H2,1H3,(H,7,8)/t3-/m1/s1. The van der Waals surface area contributed by atoms with Crippen LogP contribution in [0.5, 0.6) is 0 Å². The monoisotopic (exact) mass is 118 g/mol. The van der Waals surface area contributed by atoms with Gasteiger partial charge in [0.05, 0.1) is 0 Å². The van der Waals surface area contributed by atoms with Crippen molar-refractivity contribution in [3.8, 4) is 0 Å². The van der Waals surface area contributed by atoms with Crippen LogP contribution in [0.2, 0.25) is 0 Å². The van der Waals surface area contributed by atoms with E-state index in [1.807, 2.05) is 0 Å². The second-order valence-electron chi connectivity index (χ2n) is 1.42. The van der Waals surface area contributed by atoms with Crippen molar-refractivity contribution in [3.05, 3.63) is 0 Å². The zero-order valence-electron chi connectivity index (χ0n) is 4.72. The van der Waals surface area contributed by atoms with Crippen molar-refractivity contribution >= 4 is 5.97 Å². The summed E-state index contributed by atoms with van der Waals surface area (Å²) in [5, 5.41) is 10.8. The zero-order valence-corrected chi connectivity index (χ0v) is 4.72. The quantitative estimate of drug-likeness (QED) is 0.427. The summed E-state index contributed by atoms with van der Waals surface area (Å²) in [6, 6.07) is -0.602. The fraction of sp³-hybridized carbons (Fsp3) is 0.750. The van der Waals surface area contributed by atoms with Crippen LogP contribution < -0.4 is 11.1 Å². The van der Waals surface area contributed by atoms with Crippen LogP contribution in [0.25, 0.3) is 0 Å². The van der Waals surface area contributed by atoms with E-state index < -0.39 is 12.0 Å². The summed E-state index contributed by atoms with van der Waals surface area (Å²) in [4.78, 5) is 10.0. The lowest BCUT2D eigenvalue weighted by Gasteiger charge is -2.05. The van der Waals surface area contributed by atoms with Gasteiger partial charge in [-0.3, -0.25) is 4.79 Å². The molecule has 8 heavy (non-hydrogen) atoms. The van der Waals surface area contributed by atoms with Crippen molar-refractivity contribution in [2.24, 2.45) is 5.73 Å². The number of carbonyl (C=O) groups is 1. The second-order valence-corrected chi connectivity index (χ2v) is 1.42. The number of nitrogens with one attached hydrogen (secondary N) is 1. The van der Waals surface area contributed by atoms with E-state index in [0.29, 0.717) is 0 Å². The molecule has 0 heterocycles. The molecule has 4 nitrogen and oxygen atoms in total. The Hall–Kier alpha value is -0.610. The average molecular weight is 118 g/mol. The van der Waals surface area contributed by atoms with Crippen molar-refractivity contribution in [2.75, 3.05) is 13.6 Å². The van der Waals surface area contributed by atoms with E-state index in [2.05, 4.69) is 5.32 Å². The minimum atomic E-state index is -0.907. The van der Waals surface area contributed by atoms with Crippen molar-refractivity contribution in [2.45, 2.75) is 6.04 Å². The van der Waals surface area contributed by atoms with Crippen LogP contribution in [0, 0.1) is 0 Å². The molecule has 0 aliphatic rings. The molecule has 0 aromatic rings. The minimum absolute atomic E-state index is 0.131. The van der Waals surface area contributed by atoms with Crippen molar-refractivity contribution < 1.29 is 9.90 Å². The number of carboxylic acids is 1. The van der Waals surface area contributed by atoms with E-state index in [1.165, 1.54) is 0 Å². The number of carboxylic acid groups (broad SMARTS) is 1. The first-order chi connectivity index (χ1) is 3.72. The Labute approximate surface area is 47.7 Å². The molecular formula is C4H10N2O2. The predicted octanol–water partition coefficient (Wildman–Crippen LogP) is -1.38. The van der Waals surface area contributed by atoms with Gasteiger partial charge >= 0.3 is 5.97 Å². The maximum Gasteiger partial charge on any atom is 0.322 e. The van der Waals surface area contributed by atoms with Crippen LogP contribution in [0.4, 0.5) is 0 Å². The third kappa shape index (κ3) is 1.90. The lowest BCUT2D eigenvalue weighted by molar-refractivity contribution is -0.139. The summed E-state index contributed by atoms with van der Waals surface area (Å²) in [6.07, 6.45) is 0. The summed E-state index contributed by atoms with van der Waals surface area (Å²) in [5.74, 6) is -0.907. The molecular weight excluding hydrogens is 108 g/mol. The van der Waals surface area contributed by atoms with E-state index in [4.69, 9.17) is 10.8 Å². The summed E-state index contributed by atoms with van der Waals surface area (Å²) < 4.78 is 0. The molecule has 0 saturated carbocycles. The molecule has 0 aliphatic carbocycles. The Balaban J connectivity index is 3.52. The maximum atomic E-state index is 10.0. The van der Waals surface area contributed by atoms with E-state index in [9.17, 15) is 4.79 Å².